The van der Waals surface area contributed by atoms with Crippen LogP contribution < -0.4 is 20.5 Å². The molecule has 4 heterocycles. The zero-order valence-electron chi connectivity index (χ0n) is 28.7. The number of nitrogens with zero attached hydrogens (tertiary/aromatic N) is 5. The standard InChI is InChI=1S/C36H33F2N7O9/c1-51-23-10-6-20(7-11-23)35(21-8-12-24(52-2)13-9-21,22-5-3-4-19(16-22)32(50)54-45-26(47)14-15-27(45)48)43-30-28-31(42-34(39)41-30)44(18-40-28)33-36(37,38)29(49)25(17-46)53-33/h3-13,16,18,25,29,33,46,49H,14-15,17H2,1-2H3,(H3,39,41,42,43)/t25-,29-,33-/m1/s1. The number of rotatable bonds is 11. The molecule has 5 N–H and O–H groups in total. The maximum Gasteiger partial charge on any atom is 0.363 e. The lowest BCUT2D eigenvalue weighted by Gasteiger charge is -2.37. The fraction of sp³-hybridized carbons (Fsp3) is 0.278. The van der Waals surface area contributed by atoms with Gasteiger partial charge in [-0.1, -0.05) is 36.4 Å². The Hall–Kier alpha value is -6.24. The number of aliphatic hydroxyl groups is 2. The van der Waals surface area contributed by atoms with Crippen molar-refractivity contribution in [2.75, 3.05) is 31.9 Å². The van der Waals surface area contributed by atoms with E-state index in [4.69, 9.17) is 24.8 Å². The van der Waals surface area contributed by atoms with Crippen molar-refractivity contribution >= 4 is 40.7 Å². The molecular weight excluding hydrogens is 712 g/mol. The number of halogens is 2. The molecule has 280 valence electrons. The second kappa shape index (κ2) is 14.0. The summed E-state index contributed by atoms with van der Waals surface area (Å²) in [5.41, 5.74) is 5.94. The monoisotopic (exact) mass is 745 g/mol. The maximum absolute atomic E-state index is 15.3. The number of hydrogen-bond donors (Lipinski definition) is 4. The summed E-state index contributed by atoms with van der Waals surface area (Å²) in [6.07, 6.45) is -5.16. The zero-order valence-corrected chi connectivity index (χ0v) is 28.7. The lowest BCUT2D eigenvalue weighted by atomic mass is 9.76. The highest BCUT2D eigenvalue weighted by Gasteiger charge is 2.59. The molecular formula is C36H33F2N7O9. The van der Waals surface area contributed by atoms with Gasteiger partial charge in [0.2, 0.25) is 12.2 Å². The van der Waals surface area contributed by atoms with E-state index in [1.54, 1.807) is 60.7 Å². The molecule has 0 aliphatic carbocycles. The third kappa shape index (κ3) is 6.08. The van der Waals surface area contributed by atoms with Gasteiger partial charge in [0.25, 0.3) is 11.8 Å². The number of nitrogen functional groups attached to an aromatic ring is 1. The molecule has 0 spiro atoms. The van der Waals surface area contributed by atoms with E-state index in [2.05, 4.69) is 20.3 Å². The van der Waals surface area contributed by atoms with Crippen LogP contribution in [0.4, 0.5) is 20.5 Å². The van der Waals surface area contributed by atoms with Gasteiger partial charge in [-0.25, -0.2) is 9.78 Å². The van der Waals surface area contributed by atoms with Gasteiger partial charge in [-0.15, -0.1) is 5.06 Å². The van der Waals surface area contributed by atoms with Crippen molar-refractivity contribution in [3.63, 3.8) is 0 Å². The van der Waals surface area contributed by atoms with Gasteiger partial charge in [-0.3, -0.25) is 14.2 Å². The summed E-state index contributed by atoms with van der Waals surface area (Å²) < 4.78 is 47.8. The highest BCUT2D eigenvalue weighted by molar-refractivity contribution is 6.02. The number of aromatic nitrogens is 4. The Balaban J connectivity index is 1.43. The number of carbonyl (C=O) groups is 3. The minimum atomic E-state index is -3.86. The summed E-state index contributed by atoms with van der Waals surface area (Å²) in [7, 11) is 3.01. The number of nitrogens with two attached hydrogens (primary N) is 1. The molecule has 3 atom stereocenters. The van der Waals surface area contributed by atoms with Crippen LogP contribution in [0.3, 0.4) is 0 Å². The predicted molar refractivity (Wildman–Crippen MR) is 184 cm³/mol. The van der Waals surface area contributed by atoms with Crippen molar-refractivity contribution in [1.82, 2.24) is 24.6 Å². The van der Waals surface area contributed by atoms with E-state index in [0.29, 0.717) is 33.3 Å². The SMILES string of the molecule is COc1ccc(C(Nc2nc(N)nc3c2ncn3[C@@H]2O[C@H](CO)[C@@H](O)C2(F)F)(c2ccc(OC)cc2)c2cccc(C(=O)ON3C(=O)CCC3=O)c2)cc1. The van der Waals surface area contributed by atoms with Crippen molar-refractivity contribution in [3.8, 4) is 11.5 Å². The number of fused-ring (bicyclic) bond motifs is 1. The molecule has 2 aliphatic heterocycles. The van der Waals surface area contributed by atoms with Crippen LogP contribution in [0.5, 0.6) is 11.5 Å². The number of anilines is 2. The van der Waals surface area contributed by atoms with Gasteiger partial charge in [0, 0.05) is 12.8 Å². The van der Waals surface area contributed by atoms with Crippen LogP contribution in [-0.2, 0) is 24.7 Å². The van der Waals surface area contributed by atoms with E-state index in [0.717, 1.165) is 10.9 Å². The van der Waals surface area contributed by atoms with E-state index >= 15 is 8.78 Å². The number of hydroxylamine groups is 2. The first-order chi connectivity index (χ1) is 25.9. The molecule has 2 aromatic heterocycles. The van der Waals surface area contributed by atoms with Crippen molar-refractivity contribution in [2.24, 2.45) is 0 Å². The number of imidazole rings is 1. The minimum Gasteiger partial charge on any atom is -0.497 e. The van der Waals surface area contributed by atoms with E-state index in [-0.39, 0.29) is 41.3 Å². The molecule has 54 heavy (non-hydrogen) atoms. The van der Waals surface area contributed by atoms with Crippen molar-refractivity contribution in [3.05, 3.63) is 101 Å². The quantitative estimate of drug-likeness (QED) is 0.113. The van der Waals surface area contributed by atoms with Crippen LogP contribution in [0.15, 0.2) is 79.1 Å². The molecule has 0 saturated carbocycles. The number of methoxy groups -OCH3 is 2. The maximum atomic E-state index is 15.3. The number of carbonyl (C=O) groups excluding carboxylic acids is 3. The Morgan fingerprint density at radius 2 is 1.59 bits per heavy atom. The van der Waals surface area contributed by atoms with Gasteiger partial charge in [-0.2, -0.15) is 18.7 Å². The smallest absolute Gasteiger partial charge is 0.363 e. The third-order valence-corrected chi connectivity index (χ3v) is 9.31. The summed E-state index contributed by atoms with van der Waals surface area (Å²) in [5.74, 6) is -5.47. The fourth-order valence-electron chi connectivity index (χ4n) is 6.56. The van der Waals surface area contributed by atoms with E-state index < -0.39 is 54.3 Å². The van der Waals surface area contributed by atoms with Gasteiger partial charge >= 0.3 is 11.9 Å². The zero-order chi connectivity index (χ0) is 38.4. The molecule has 2 aliphatic rings. The Labute approximate surface area is 305 Å². The lowest BCUT2D eigenvalue weighted by molar-refractivity contribution is -0.172. The average Bonchev–Trinajstić information content (AvgIpc) is 3.82. The molecule has 18 heteroatoms. The molecule has 0 radical (unpaired) electrons. The predicted octanol–water partition coefficient (Wildman–Crippen LogP) is 2.94. The topological polar surface area (TPSA) is 213 Å². The van der Waals surface area contributed by atoms with E-state index in [1.165, 1.54) is 26.4 Å². The second-order valence-electron chi connectivity index (χ2n) is 12.5. The number of amides is 2. The van der Waals surface area contributed by atoms with E-state index in [1.807, 2.05) is 0 Å². The Bertz CT molecular complexity index is 2170. The van der Waals surface area contributed by atoms with Gasteiger partial charge in [0.15, 0.2) is 23.1 Å². The summed E-state index contributed by atoms with van der Waals surface area (Å²) in [5, 5.41) is 23.7. The summed E-state index contributed by atoms with van der Waals surface area (Å²) >= 11 is 0. The summed E-state index contributed by atoms with van der Waals surface area (Å²) in [6, 6.07) is 20.1. The number of nitrogens with one attached hydrogen (secondary N) is 1. The summed E-state index contributed by atoms with van der Waals surface area (Å²) in [4.78, 5) is 56.2. The first-order valence-electron chi connectivity index (χ1n) is 16.5. The first-order valence-corrected chi connectivity index (χ1v) is 16.5. The van der Waals surface area contributed by atoms with Crippen LogP contribution in [0.25, 0.3) is 11.2 Å². The van der Waals surface area contributed by atoms with Gasteiger partial charge in [-0.05, 0) is 53.1 Å². The number of benzene rings is 3. The number of hydrogen-bond acceptors (Lipinski definition) is 14. The highest BCUT2D eigenvalue weighted by Crippen LogP contribution is 2.46. The third-order valence-electron chi connectivity index (χ3n) is 9.31. The van der Waals surface area contributed by atoms with Crippen LogP contribution in [-0.4, -0.2) is 91.5 Å². The van der Waals surface area contributed by atoms with Crippen LogP contribution in [0.1, 0.15) is 46.1 Å². The number of imide groups is 1. The number of alkyl halides is 2. The number of ether oxygens (including phenoxy) is 3. The minimum absolute atomic E-state index is 0.0255. The van der Waals surface area contributed by atoms with Crippen molar-refractivity contribution < 1.29 is 52.4 Å². The second-order valence-corrected chi connectivity index (χ2v) is 12.5. The molecule has 2 amide bonds. The van der Waals surface area contributed by atoms with Crippen LogP contribution >= 0.6 is 0 Å². The molecule has 0 bridgehead atoms. The first kappa shape index (κ1) is 36.1. The average molecular weight is 746 g/mol. The van der Waals surface area contributed by atoms with Gasteiger partial charge < -0.3 is 40.3 Å². The lowest BCUT2D eigenvalue weighted by Crippen LogP contribution is -2.39. The molecule has 2 fully saturated rings. The molecule has 5 aromatic rings. The highest BCUT2D eigenvalue weighted by atomic mass is 19.3. The Morgan fingerprint density at radius 1 is 0.981 bits per heavy atom. The van der Waals surface area contributed by atoms with E-state index in [9.17, 15) is 24.6 Å². The molecule has 3 aromatic carbocycles. The Kier molecular flexibility index (Phi) is 9.34. The molecule has 7 rings (SSSR count). The summed E-state index contributed by atoms with van der Waals surface area (Å²) in [6.45, 7) is -0.868. The largest absolute Gasteiger partial charge is 0.497 e. The van der Waals surface area contributed by atoms with Gasteiger partial charge in [0.1, 0.15) is 23.1 Å². The normalized spacial score (nSPS) is 19.7. The Morgan fingerprint density at radius 3 is 2.15 bits per heavy atom. The molecule has 0 unspecified atom stereocenters. The van der Waals surface area contributed by atoms with Crippen LogP contribution in [0, 0.1) is 0 Å². The van der Waals surface area contributed by atoms with Crippen molar-refractivity contribution in [1.29, 1.82) is 0 Å². The fourth-order valence-corrected chi connectivity index (χ4v) is 6.56. The number of aliphatic hydroxyl groups excluding tert-OH is 2. The van der Waals surface area contributed by atoms with Crippen LogP contribution in [0.2, 0.25) is 0 Å². The van der Waals surface area contributed by atoms with Gasteiger partial charge in [0.05, 0.1) is 32.7 Å². The molecule has 2 saturated heterocycles. The van der Waals surface area contributed by atoms with Crippen molar-refractivity contribution in [2.45, 2.75) is 42.7 Å². The molecule has 16 nitrogen and oxygen atoms in total.